The standard InChI is InChI=1S/C14H25N3O/c1-4-15-8-13-7-14(18-11-13)10-17-6-5-16(3)9-12(17)2/h7,11-12,15H,4-6,8-10H2,1-3H3. The van der Waals surface area contributed by atoms with Crippen molar-refractivity contribution in [3.05, 3.63) is 23.7 Å². The average Bonchev–Trinajstić information content (AvgIpc) is 2.78. The summed E-state index contributed by atoms with van der Waals surface area (Å²) in [5, 5.41) is 3.32. The summed E-state index contributed by atoms with van der Waals surface area (Å²) in [6.07, 6.45) is 1.87. The van der Waals surface area contributed by atoms with Crippen molar-refractivity contribution < 1.29 is 4.42 Å². The lowest BCUT2D eigenvalue weighted by Gasteiger charge is -2.37. The van der Waals surface area contributed by atoms with E-state index < -0.39 is 0 Å². The topological polar surface area (TPSA) is 31.7 Å². The third kappa shape index (κ3) is 3.57. The third-order valence-electron chi connectivity index (χ3n) is 3.61. The third-order valence-corrected chi connectivity index (χ3v) is 3.61. The first-order chi connectivity index (χ1) is 8.69. The minimum absolute atomic E-state index is 0.603. The summed E-state index contributed by atoms with van der Waals surface area (Å²) >= 11 is 0. The minimum Gasteiger partial charge on any atom is -0.468 e. The molecule has 2 heterocycles. The maximum Gasteiger partial charge on any atom is 0.118 e. The molecule has 18 heavy (non-hydrogen) atoms. The highest BCUT2D eigenvalue weighted by Gasteiger charge is 2.22. The highest BCUT2D eigenvalue weighted by Crippen LogP contribution is 2.15. The molecule has 1 fully saturated rings. The van der Waals surface area contributed by atoms with E-state index in [0.717, 1.165) is 45.0 Å². The minimum atomic E-state index is 0.603. The monoisotopic (exact) mass is 251 g/mol. The molecule has 1 aromatic rings. The molecule has 2 rings (SSSR count). The largest absolute Gasteiger partial charge is 0.468 e. The maximum atomic E-state index is 5.64. The molecule has 1 unspecified atom stereocenters. The first-order valence-electron chi connectivity index (χ1n) is 6.88. The fourth-order valence-corrected chi connectivity index (χ4v) is 2.48. The van der Waals surface area contributed by atoms with Crippen LogP contribution in [0.5, 0.6) is 0 Å². The second-order valence-corrected chi connectivity index (χ2v) is 5.28. The molecule has 0 spiro atoms. The molecule has 0 bridgehead atoms. The number of hydrogen-bond donors (Lipinski definition) is 1. The number of furan rings is 1. The molecule has 102 valence electrons. The summed E-state index contributed by atoms with van der Waals surface area (Å²) in [6, 6.07) is 2.78. The van der Waals surface area contributed by atoms with Crippen LogP contribution in [0.1, 0.15) is 25.2 Å². The molecule has 4 nitrogen and oxygen atoms in total. The number of hydrogen-bond acceptors (Lipinski definition) is 4. The van der Waals surface area contributed by atoms with E-state index in [1.807, 2.05) is 6.26 Å². The maximum absolute atomic E-state index is 5.64. The van der Waals surface area contributed by atoms with Crippen molar-refractivity contribution in [2.45, 2.75) is 33.0 Å². The number of rotatable bonds is 5. The summed E-state index contributed by atoms with van der Waals surface area (Å²) in [4.78, 5) is 4.88. The number of piperazine rings is 1. The van der Waals surface area contributed by atoms with Crippen LogP contribution in [0.3, 0.4) is 0 Å². The van der Waals surface area contributed by atoms with Gasteiger partial charge in [-0.05, 0) is 26.6 Å². The van der Waals surface area contributed by atoms with Gasteiger partial charge in [-0.3, -0.25) is 4.90 Å². The van der Waals surface area contributed by atoms with Gasteiger partial charge in [-0.15, -0.1) is 0 Å². The van der Waals surface area contributed by atoms with E-state index in [0.29, 0.717) is 6.04 Å². The van der Waals surface area contributed by atoms with Crippen molar-refractivity contribution in [3.8, 4) is 0 Å². The highest BCUT2D eigenvalue weighted by atomic mass is 16.3. The highest BCUT2D eigenvalue weighted by molar-refractivity contribution is 5.12. The fraction of sp³-hybridized carbons (Fsp3) is 0.714. The lowest BCUT2D eigenvalue weighted by atomic mass is 10.2. The summed E-state index contributed by atoms with van der Waals surface area (Å²) in [6.45, 7) is 10.7. The van der Waals surface area contributed by atoms with Crippen LogP contribution in [0.15, 0.2) is 16.7 Å². The van der Waals surface area contributed by atoms with Crippen LogP contribution in [0.25, 0.3) is 0 Å². The van der Waals surface area contributed by atoms with Crippen molar-refractivity contribution in [2.75, 3.05) is 33.2 Å². The first-order valence-corrected chi connectivity index (χ1v) is 6.88. The first kappa shape index (κ1) is 13.6. The predicted octanol–water partition coefficient (Wildman–Crippen LogP) is 1.52. The Hall–Kier alpha value is -0.840. The van der Waals surface area contributed by atoms with E-state index in [-0.39, 0.29) is 0 Å². The van der Waals surface area contributed by atoms with E-state index in [2.05, 4.69) is 42.1 Å². The summed E-state index contributed by atoms with van der Waals surface area (Å²) < 4.78 is 5.64. The van der Waals surface area contributed by atoms with E-state index in [1.54, 1.807) is 0 Å². The molecule has 4 heteroatoms. The molecule has 0 amide bonds. The zero-order valence-electron chi connectivity index (χ0n) is 11.8. The van der Waals surface area contributed by atoms with E-state index in [4.69, 9.17) is 4.42 Å². The van der Waals surface area contributed by atoms with E-state index in [9.17, 15) is 0 Å². The smallest absolute Gasteiger partial charge is 0.118 e. The molecule has 1 aromatic heterocycles. The quantitative estimate of drug-likeness (QED) is 0.860. The van der Waals surface area contributed by atoms with Gasteiger partial charge in [-0.25, -0.2) is 0 Å². The van der Waals surface area contributed by atoms with E-state index in [1.165, 1.54) is 5.56 Å². The van der Waals surface area contributed by atoms with Gasteiger partial charge in [-0.2, -0.15) is 0 Å². The fourth-order valence-electron chi connectivity index (χ4n) is 2.48. The lowest BCUT2D eigenvalue weighted by molar-refractivity contribution is 0.0875. The summed E-state index contributed by atoms with van der Waals surface area (Å²) in [5.74, 6) is 1.08. The number of nitrogens with zero attached hydrogens (tertiary/aromatic N) is 2. The van der Waals surface area contributed by atoms with Crippen molar-refractivity contribution in [1.82, 2.24) is 15.1 Å². The average molecular weight is 251 g/mol. The Bertz CT molecular complexity index is 364. The predicted molar refractivity (Wildman–Crippen MR) is 73.5 cm³/mol. The van der Waals surface area contributed by atoms with Crippen molar-refractivity contribution in [1.29, 1.82) is 0 Å². The molecule has 0 aromatic carbocycles. The molecule has 1 saturated heterocycles. The van der Waals surface area contributed by atoms with Crippen LogP contribution in [0, 0.1) is 0 Å². The van der Waals surface area contributed by atoms with E-state index >= 15 is 0 Å². The Morgan fingerprint density at radius 3 is 3.00 bits per heavy atom. The van der Waals surface area contributed by atoms with Gasteiger partial charge in [-0.1, -0.05) is 6.92 Å². The molecule has 1 N–H and O–H groups in total. The normalized spacial score (nSPS) is 22.5. The Labute approximate surface area is 110 Å². The van der Waals surface area contributed by atoms with Gasteiger partial charge in [0.15, 0.2) is 0 Å². The van der Waals surface area contributed by atoms with Crippen molar-refractivity contribution >= 4 is 0 Å². The zero-order chi connectivity index (χ0) is 13.0. The molecule has 1 aliphatic heterocycles. The van der Waals surface area contributed by atoms with Crippen LogP contribution in [0.2, 0.25) is 0 Å². The van der Waals surface area contributed by atoms with Crippen LogP contribution >= 0.6 is 0 Å². The van der Waals surface area contributed by atoms with Crippen LogP contribution in [-0.4, -0.2) is 49.1 Å². The Balaban J connectivity index is 1.87. The van der Waals surface area contributed by atoms with Gasteiger partial charge >= 0.3 is 0 Å². The molecule has 1 aliphatic rings. The van der Waals surface area contributed by atoms with Gasteiger partial charge in [0.25, 0.3) is 0 Å². The Morgan fingerprint density at radius 2 is 2.28 bits per heavy atom. The van der Waals surface area contributed by atoms with Crippen LogP contribution in [-0.2, 0) is 13.1 Å². The Morgan fingerprint density at radius 1 is 1.44 bits per heavy atom. The SMILES string of the molecule is CCNCc1coc(CN2CCN(C)CC2C)c1. The van der Waals surface area contributed by atoms with Crippen LogP contribution < -0.4 is 5.32 Å². The number of nitrogens with one attached hydrogen (secondary N) is 1. The Kier molecular flexibility index (Phi) is 4.80. The summed E-state index contributed by atoms with van der Waals surface area (Å²) in [5.41, 5.74) is 1.24. The van der Waals surface area contributed by atoms with Gasteiger partial charge in [0.2, 0.25) is 0 Å². The van der Waals surface area contributed by atoms with Crippen LogP contribution in [0.4, 0.5) is 0 Å². The van der Waals surface area contributed by atoms with Gasteiger partial charge in [0.1, 0.15) is 5.76 Å². The molecular weight excluding hydrogens is 226 g/mol. The molecule has 1 atom stereocenters. The number of likely N-dealkylation sites (N-methyl/N-ethyl adjacent to an activating group) is 1. The van der Waals surface area contributed by atoms with Crippen molar-refractivity contribution in [2.24, 2.45) is 0 Å². The molecule has 0 aliphatic carbocycles. The molecule has 0 saturated carbocycles. The summed E-state index contributed by atoms with van der Waals surface area (Å²) in [7, 11) is 2.19. The molecular formula is C14H25N3O. The van der Waals surface area contributed by atoms with Crippen molar-refractivity contribution in [3.63, 3.8) is 0 Å². The van der Waals surface area contributed by atoms with Gasteiger partial charge < -0.3 is 14.6 Å². The lowest BCUT2D eigenvalue weighted by Crippen LogP contribution is -2.49. The molecule has 0 radical (unpaired) electrons. The van der Waals surface area contributed by atoms with Gasteiger partial charge in [0, 0.05) is 37.8 Å². The second-order valence-electron chi connectivity index (χ2n) is 5.28. The second kappa shape index (κ2) is 6.36. The van der Waals surface area contributed by atoms with Gasteiger partial charge in [0.05, 0.1) is 12.8 Å². The zero-order valence-corrected chi connectivity index (χ0v) is 11.8.